The smallest absolute Gasteiger partial charge is 0.318 e. The number of amides is 2. The zero-order valence-electron chi connectivity index (χ0n) is 13.4. The number of carbonyl (C=O) groups excluding carboxylic acids is 1. The Hall–Kier alpha value is -2.50. The molecule has 122 valence electrons. The molecule has 0 saturated carbocycles. The maximum Gasteiger partial charge on any atom is 0.318 e. The molecule has 0 bridgehead atoms. The number of methoxy groups -OCH3 is 1. The summed E-state index contributed by atoms with van der Waals surface area (Å²) in [6.45, 7) is 3.07. The van der Waals surface area contributed by atoms with Crippen LogP contribution >= 0.6 is 0 Å². The van der Waals surface area contributed by atoms with Crippen molar-refractivity contribution in [1.29, 1.82) is 0 Å². The number of aromatic nitrogens is 1. The number of benzene rings is 1. The maximum atomic E-state index is 12.5. The second-order valence-electron chi connectivity index (χ2n) is 5.72. The van der Waals surface area contributed by atoms with Gasteiger partial charge in [-0.3, -0.25) is 0 Å². The molecule has 23 heavy (non-hydrogen) atoms. The van der Waals surface area contributed by atoms with Crippen LogP contribution < -0.4 is 10.1 Å². The van der Waals surface area contributed by atoms with Gasteiger partial charge in [0, 0.05) is 19.2 Å². The van der Waals surface area contributed by atoms with Gasteiger partial charge in [-0.1, -0.05) is 17.3 Å². The number of carbonyl (C=O) groups is 1. The average Bonchev–Trinajstić information content (AvgIpc) is 3.21. The fourth-order valence-electron chi connectivity index (χ4n) is 2.92. The van der Waals surface area contributed by atoms with Crippen LogP contribution in [0.25, 0.3) is 0 Å². The van der Waals surface area contributed by atoms with Crippen molar-refractivity contribution in [2.24, 2.45) is 0 Å². The summed E-state index contributed by atoms with van der Waals surface area (Å²) in [6, 6.07) is 9.51. The molecule has 1 aliphatic rings. The lowest BCUT2D eigenvalue weighted by Crippen LogP contribution is -2.39. The highest BCUT2D eigenvalue weighted by atomic mass is 16.5. The number of hydrogen-bond acceptors (Lipinski definition) is 4. The lowest BCUT2D eigenvalue weighted by Gasteiger charge is -2.23. The van der Waals surface area contributed by atoms with Crippen LogP contribution in [0.4, 0.5) is 4.79 Å². The van der Waals surface area contributed by atoms with E-state index >= 15 is 0 Å². The summed E-state index contributed by atoms with van der Waals surface area (Å²) in [5.41, 5.74) is 1.84. The van der Waals surface area contributed by atoms with Crippen molar-refractivity contribution in [3.05, 3.63) is 47.3 Å². The lowest BCUT2D eigenvalue weighted by molar-refractivity contribution is 0.190. The molecule has 3 rings (SSSR count). The Morgan fingerprint density at radius 3 is 3.09 bits per heavy atom. The second kappa shape index (κ2) is 6.73. The van der Waals surface area contributed by atoms with E-state index in [4.69, 9.17) is 9.26 Å². The number of aryl methyl sites for hydroxylation is 1. The van der Waals surface area contributed by atoms with Crippen LogP contribution in [0.15, 0.2) is 34.9 Å². The number of hydrogen-bond donors (Lipinski definition) is 1. The van der Waals surface area contributed by atoms with Crippen LogP contribution in [0.1, 0.15) is 35.9 Å². The van der Waals surface area contributed by atoms with E-state index in [9.17, 15) is 4.79 Å². The minimum Gasteiger partial charge on any atom is -0.497 e. The van der Waals surface area contributed by atoms with Crippen LogP contribution in [-0.2, 0) is 6.54 Å². The van der Waals surface area contributed by atoms with E-state index in [1.807, 2.05) is 42.2 Å². The Kier molecular flexibility index (Phi) is 4.50. The first kappa shape index (κ1) is 15.4. The van der Waals surface area contributed by atoms with Crippen molar-refractivity contribution in [3.63, 3.8) is 0 Å². The molecule has 1 aromatic heterocycles. The molecular weight excluding hydrogens is 294 g/mol. The largest absolute Gasteiger partial charge is 0.497 e. The van der Waals surface area contributed by atoms with Crippen molar-refractivity contribution in [1.82, 2.24) is 15.4 Å². The van der Waals surface area contributed by atoms with E-state index in [2.05, 4.69) is 10.5 Å². The van der Waals surface area contributed by atoms with Gasteiger partial charge in [0.25, 0.3) is 0 Å². The average molecular weight is 315 g/mol. The molecule has 0 radical (unpaired) electrons. The molecule has 1 unspecified atom stereocenters. The molecule has 1 fully saturated rings. The van der Waals surface area contributed by atoms with Gasteiger partial charge in [-0.2, -0.15) is 0 Å². The van der Waals surface area contributed by atoms with Crippen molar-refractivity contribution in [2.75, 3.05) is 13.7 Å². The Morgan fingerprint density at radius 2 is 2.35 bits per heavy atom. The van der Waals surface area contributed by atoms with E-state index in [0.717, 1.165) is 42.2 Å². The molecule has 1 N–H and O–H groups in total. The van der Waals surface area contributed by atoms with Crippen molar-refractivity contribution in [3.8, 4) is 5.75 Å². The zero-order chi connectivity index (χ0) is 16.2. The highest BCUT2D eigenvalue weighted by molar-refractivity contribution is 5.75. The molecule has 1 aromatic carbocycles. The van der Waals surface area contributed by atoms with Gasteiger partial charge in [0.1, 0.15) is 17.2 Å². The monoisotopic (exact) mass is 315 g/mol. The molecule has 2 heterocycles. The van der Waals surface area contributed by atoms with Gasteiger partial charge in [-0.25, -0.2) is 4.79 Å². The molecule has 1 aliphatic heterocycles. The third-order valence-corrected chi connectivity index (χ3v) is 4.08. The van der Waals surface area contributed by atoms with E-state index < -0.39 is 0 Å². The van der Waals surface area contributed by atoms with Gasteiger partial charge >= 0.3 is 6.03 Å². The van der Waals surface area contributed by atoms with Crippen LogP contribution in [0.5, 0.6) is 5.75 Å². The summed E-state index contributed by atoms with van der Waals surface area (Å²) < 4.78 is 10.3. The van der Waals surface area contributed by atoms with Gasteiger partial charge < -0.3 is 19.5 Å². The molecule has 1 atom stereocenters. The fourth-order valence-corrected chi connectivity index (χ4v) is 2.92. The first-order valence-corrected chi connectivity index (χ1v) is 7.78. The quantitative estimate of drug-likeness (QED) is 0.941. The molecule has 0 spiro atoms. The van der Waals surface area contributed by atoms with Crippen LogP contribution in [-0.4, -0.2) is 29.7 Å². The minimum absolute atomic E-state index is 0.00207. The SMILES string of the molecule is COc1cccc(CNC(=O)N2CCCC2c2cc(C)on2)c1. The van der Waals surface area contributed by atoms with Crippen LogP contribution in [0.3, 0.4) is 0 Å². The molecule has 0 aliphatic carbocycles. The molecule has 1 saturated heterocycles. The predicted octanol–water partition coefficient (Wildman–Crippen LogP) is 3.04. The van der Waals surface area contributed by atoms with Crippen molar-refractivity contribution in [2.45, 2.75) is 32.4 Å². The molecule has 6 nitrogen and oxygen atoms in total. The first-order chi connectivity index (χ1) is 11.2. The zero-order valence-corrected chi connectivity index (χ0v) is 13.4. The standard InChI is InChI=1S/C17H21N3O3/c1-12-9-15(19-23-12)16-7-4-8-20(16)17(21)18-11-13-5-3-6-14(10-13)22-2/h3,5-6,9-10,16H,4,7-8,11H2,1-2H3,(H,18,21). The highest BCUT2D eigenvalue weighted by Gasteiger charge is 2.31. The van der Waals surface area contributed by atoms with Gasteiger partial charge in [0.05, 0.1) is 13.2 Å². The summed E-state index contributed by atoms with van der Waals surface area (Å²) >= 11 is 0. The van der Waals surface area contributed by atoms with E-state index in [1.165, 1.54) is 0 Å². The Labute approximate surface area is 135 Å². The summed E-state index contributed by atoms with van der Waals surface area (Å²) in [6.07, 6.45) is 1.89. The third kappa shape index (κ3) is 3.47. The second-order valence-corrected chi connectivity index (χ2v) is 5.72. The van der Waals surface area contributed by atoms with Gasteiger partial charge in [0.15, 0.2) is 0 Å². The summed E-state index contributed by atoms with van der Waals surface area (Å²) in [5, 5.41) is 7.03. The minimum atomic E-state index is -0.0732. The third-order valence-electron chi connectivity index (χ3n) is 4.08. The Morgan fingerprint density at radius 1 is 1.48 bits per heavy atom. The number of nitrogens with zero attached hydrogens (tertiary/aromatic N) is 2. The van der Waals surface area contributed by atoms with Crippen LogP contribution in [0, 0.1) is 6.92 Å². The fraction of sp³-hybridized carbons (Fsp3) is 0.412. The molecule has 2 aromatic rings. The number of likely N-dealkylation sites (tertiary alicyclic amines) is 1. The summed E-state index contributed by atoms with van der Waals surface area (Å²) in [5.74, 6) is 1.55. The normalized spacial score (nSPS) is 17.3. The first-order valence-electron chi connectivity index (χ1n) is 7.78. The topological polar surface area (TPSA) is 67.6 Å². The van der Waals surface area contributed by atoms with Crippen molar-refractivity contribution < 1.29 is 14.1 Å². The lowest BCUT2D eigenvalue weighted by atomic mass is 10.1. The van der Waals surface area contributed by atoms with E-state index in [0.29, 0.717) is 6.54 Å². The highest BCUT2D eigenvalue weighted by Crippen LogP contribution is 2.31. The van der Waals surface area contributed by atoms with E-state index in [-0.39, 0.29) is 12.1 Å². The van der Waals surface area contributed by atoms with E-state index in [1.54, 1.807) is 7.11 Å². The molecule has 6 heteroatoms. The number of nitrogens with one attached hydrogen (secondary N) is 1. The summed E-state index contributed by atoms with van der Waals surface area (Å²) in [7, 11) is 1.63. The summed E-state index contributed by atoms with van der Waals surface area (Å²) in [4.78, 5) is 14.3. The van der Waals surface area contributed by atoms with Gasteiger partial charge in [-0.15, -0.1) is 0 Å². The van der Waals surface area contributed by atoms with Crippen LogP contribution in [0.2, 0.25) is 0 Å². The Balaban J connectivity index is 1.63. The maximum absolute atomic E-state index is 12.5. The number of urea groups is 1. The Bertz CT molecular complexity index is 683. The number of ether oxygens (including phenoxy) is 1. The predicted molar refractivity (Wildman–Crippen MR) is 85.2 cm³/mol. The van der Waals surface area contributed by atoms with Gasteiger partial charge in [0.2, 0.25) is 0 Å². The molecule has 2 amide bonds. The molecular formula is C17H21N3O3. The van der Waals surface area contributed by atoms with Crippen molar-refractivity contribution >= 4 is 6.03 Å². The number of rotatable bonds is 4. The van der Waals surface area contributed by atoms with Gasteiger partial charge in [-0.05, 0) is 37.5 Å².